The van der Waals surface area contributed by atoms with Gasteiger partial charge < -0.3 is 45.3 Å². The molecular formula is C52H65F2N12O8+. The number of amides is 1. The highest BCUT2D eigenvalue weighted by Crippen LogP contribution is 2.42. The first-order chi connectivity index (χ1) is 35.7. The van der Waals surface area contributed by atoms with Gasteiger partial charge in [-0.3, -0.25) is 9.69 Å². The number of pyridine rings is 1. The number of rotatable bonds is 21. The van der Waals surface area contributed by atoms with Gasteiger partial charge >= 0.3 is 17.8 Å². The van der Waals surface area contributed by atoms with Gasteiger partial charge in [0.05, 0.1) is 31.0 Å². The van der Waals surface area contributed by atoms with Gasteiger partial charge in [-0.05, 0) is 99.8 Å². The lowest BCUT2D eigenvalue weighted by Gasteiger charge is -2.37. The monoisotopic (exact) mass is 1020 g/mol. The highest BCUT2D eigenvalue weighted by Gasteiger charge is 2.46. The van der Waals surface area contributed by atoms with Crippen LogP contribution < -0.4 is 41.2 Å². The maximum absolute atomic E-state index is 15.6. The summed E-state index contributed by atoms with van der Waals surface area (Å²) < 4.78 is 59.7. The third-order valence-corrected chi connectivity index (χ3v) is 13.6. The van der Waals surface area contributed by atoms with Gasteiger partial charge in [-0.2, -0.15) is 9.67 Å². The van der Waals surface area contributed by atoms with Gasteiger partial charge in [-0.15, -0.1) is 4.68 Å². The van der Waals surface area contributed by atoms with Crippen molar-refractivity contribution in [3.63, 3.8) is 0 Å². The fourth-order valence-electron chi connectivity index (χ4n) is 9.46. The quantitative estimate of drug-likeness (QED) is 0.0653. The first-order valence-electron chi connectivity index (χ1n) is 24.9. The van der Waals surface area contributed by atoms with Crippen LogP contribution in [0.2, 0.25) is 0 Å². The molecule has 6 aromatic rings. The lowest BCUT2D eigenvalue weighted by Crippen LogP contribution is -2.46. The molecular weight excluding hydrogens is 959 g/mol. The van der Waals surface area contributed by atoms with Gasteiger partial charge in [0.2, 0.25) is 12.6 Å². The zero-order valence-corrected chi connectivity index (χ0v) is 42.1. The molecule has 0 spiro atoms. The summed E-state index contributed by atoms with van der Waals surface area (Å²) in [6.45, 7) is 9.22. The highest BCUT2D eigenvalue weighted by molar-refractivity contribution is 5.86. The third-order valence-electron chi connectivity index (χ3n) is 13.6. The second-order valence-corrected chi connectivity index (χ2v) is 18.8. The van der Waals surface area contributed by atoms with Crippen LogP contribution in [-0.4, -0.2) is 111 Å². The Bertz CT molecular complexity index is 2890. The number of hydrogen-bond acceptors (Lipinski definition) is 15. The van der Waals surface area contributed by atoms with Crippen LogP contribution in [0.15, 0.2) is 109 Å². The maximum Gasteiger partial charge on any atom is 0.418 e. The Hall–Kier alpha value is -7.27. The van der Waals surface area contributed by atoms with Crippen molar-refractivity contribution >= 4 is 29.3 Å². The molecule has 0 radical (unpaired) electrons. The molecule has 1 amide bonds. The number of hydrogen-bond donors (Lipinski definition) is 3. The molecule has 6 atom stereocenters. The Kier molecular flexibility index (Phi) is 17.0. The zero-order chi connectivity index (χ0) is 52.5. The lowest BCUT2D eigenvalue weighted by molar-refractivity contribution is -0.753. The molecule has 0 saturated carbocycles. The second kappa shape index (κ2) is 23.7. The van der Waals surface area contributed by atoms with Crippen LogP contribution >= 0.6 is 0 Å². The van der Waals surface area contributed by atoms with E-state index in [9.17, 15) is 23.9 Å². The fourth-order valence-corrected chi connectivity index (χ4v) is 9.46. The number of anilines is 3. The van der Waals surface area contributed by atoms with E-state index in [4.69, 9.17) is 30.4 Å². The number of carbonyl (C=O) groups excluding carboxylic acids is 2. The maximum atomic E-state index is 15.6. The Labute approximate surface area is 427 Å². The average Bonchev–Trinajstić information content (AvgIpc) is 4.16. The normalized spacial score (nSPS) is 18.4. The summed E-state index contributed by atoms with van der Waals surface area (Å²) in [4.78, 5) is 49.1. The molecule has 394 valence electrons. The van der Waals surface area contributed by atoms with E-state index in [0.717, 1.165) is 43.6 Å². The van der Waals surface area contributed by atoms with Crippen molar-refractivity contribution in [3.8, 4) is 11.4 Å². The predicted molar refractivity (Wildman–Crippen MR) is 270 cm³/mol. The van der Waals surface area contributed by atoms with E-state index in [-0.39, 0.29) is 49.4 Å². The molecule has 2 saturated heterocycles. The van der Waals surface area contributed by atoms with Gasteiger partial charge in [0.1, 0.15) is 54.3 Å². The topological polar surface area (TPSA) is 227 Å². The first-order valence-corrected chi connectivity index (χ1v) is 24.9. The van der Waals surface area contributed by atoms with Crippen molar-refractivity contribution in [1.29, 1.82) is 0 Å². The molecule has 3 aromatic carbocycles. The van der Waals surface area contributed by atoms with Crippen LogP contribution in [0.3, 0.4) is 0 Å². The predicted octanol–water partition coefficient (Wildman–Crippen LogP) is 4.76. The van der Waals surface area contributed by atoms with Crippen molar-refractivity contribution < 1.29 is 47.0 Å². The van der Waals surface area contributed by atoms with Crippen molar-refractivity contribution in [2.24, 2.45) is 17.4 Å². The van der Waals surface area contributed by atoms with Crippen LogP contribution in [0, 0.1) is 17.6 Å². The van der Waals surface area contributed by atoms with E-state index in [1.807, 2.05) is 55.5 Å². The Morgan fingerprint density at radius 2 is 1.68 bits per heavy atom. The van der Waals surface area contributed by atoms with E-state index < -0.39 is 53.7 Å². The largest absolute Gasteiger partial charge is 0.493 e. The van der Waals surface area contributed by atoms with Crippen LogP contribution in [-0.2, 0) is 37.8 Å². The van der Waals surface area contributed by atoms with Crippen molar-refractivity contribution in [1.82, 2.24) is 29.1 Å². The minimum atomic E-state index is -1.24. The molecule has 1 unspecified atom stereocenters. The van der Waals surface area contributed by atoms with E-state index in [1.165, 1.54) is 52.2 Å². The number of benzene rings is 3. The molecule has 5 heterocycles. The summed E-state index contributed by atoms with van der Waals surface area (Å²) in [6.07, 6.45) is 5.65. The molecule has 20 nitrogen and oxygen atoms in total. The van der Waals surface area contributed by atoms with Gasteiger partial charge in [-0.1, -0.05) is 19.1 Å². The SMILES string of the molecule is CC[C@@H]([C@H](C)O)n1ncn(-c2ccc(N3CCN(c4ccc(OC[C@@H]5CO[C@@](Cn6c[n+](C(C)OC(=O)N(C)c7ncccc7COC(=O)[C@@H](N)CCCN)cn6)(c6ccc(F)cc6F)C5)cc4)CC3)cc2)c1=O. The number of aliphatic hydroxyl groups excluding tert-OH is 1. The number of esters is 1. The molecule has 3 aromatic heterocycles. The summed E-state index contributed by atoms with van der Waals surface area (Å²) >= 11 is 0. The Morgan fingerprint density at radius 1 is 0.986 bits per heavy atom. The number of ether oxygens (including phenoxy) is 4. The summed E-state index contributed by atoms with van der Waals surface area (Å²) in [5.41, 5.74) is 13.4. The van der Waals surface area contributed by atoms with E-state index in [0.29, 0.717) is 49.2 Å². The van der Waals surface area contributed by atoms with Crippen LogP contribution in [0.4, 0.5) is 30.8 Å². The van der Waals surface area contributed by atoms with Crippen molar-refractivity contribution in [3.05, 3.63) is 137 Å². The smallest absolute Gasteiger partial charge is 0.418 e. The van der Waals surface area contributed by atoms with Crippen molar-refractivity contribution in [2.45, 2.75) is 89.6 Å². The number of nitrogens with zero attached hydrogens (tertiary/aromatic N) is 10. The second-order valence-electron chi connectivity index (χ2n) is 18.8. The zero-order valence-electron chi connectivity index (χ0n) is 42.1. The van der Waals surface area contributed by atoms with Crippen LogP contribution in [0.5, 0.6) is 5.75 Å². The molecule has 5 N–H and O–H groups in total. The lowest BCUT2D eigenvalue weighted by atomic mass is 9.87. The number of piperazine rings is 1. The molecule has 2 aliphatic heterocycles. The molecule has 22 heteroatoms. The number of nitrogens with two attached hydrogens (primary N) is 2. The van der Waals surface area contributed by atoms with Gasteiger partial charge in [0.15, 0.2) is 0 Å². The van der Waals surface area contributed by atoms with Gasteiger partial charge in [-0.25, -0.2) is 32.6 Å². The molecule has 0 aliphatic carbocycles. The molecule has 74 heavy (non-hydrogen) atoms. The Morgan fingerprint density at radius 3 is 2.34 bits per heavy atom. The Balaban J connectivity index is 0.844. The summed E-state index contributed by atoms with van der Waals surface area (Å²) in [5.74, 6) is -1.32. The van der Waals surface area contributed by atoms with Crippen LogP contribution in [0.1, 0.15) is 69.9 Å². The average molecular weight is 1020 g/mol. The van der Waals surface area contributed by atoms with E-state index >= 15 is 4.39 Å². The molecule has 2 aliphatic rings. The third kappa shape index (κ3) is 12.2. The first kappa shape index (κ1) is 53.0. The summed E-state index contributed by atoms with van der Waals surface area (Å²) in [7, 11) is 1.48. The van der Waals surface area contributed by atoms with Gasteiger partial charge in [0.25, 0.3) is 6.33 Å². The highest BCUT2D eigenvalue weighted by atomic mass is 19.1. The van der Waals surface area contributed by atoms with Crippen molar-refractivity contribution in [2.75, 3.05) is 67.7 Å². The number of carbonyl (C=O) groups is 2. The molecule has 0 bridgehead atoms. The molecule has 8 rings (SSSR count). The van der Waals surface area contributed by atoms with Crippen LogP contribution in [0.25, 0.3) is 5.69 Å². The number of halogens is 2. The molecule has 2 fully saturated rings. The standard InChI is InChI=1S/C52H65F2N12O8/c1-5-47(35(2)67)66-50(69)65(33-59-66)42-13-11-40(12-14-42)61-22-24-62(25-23-61)41-15-17-43(18-16-41)71-28-37-27-52(73-29-37,44-19-10-39(53)26-45(44)54)31-64-34-63(32-58-64)36(3)74-51(70)60(4)48-38(8-7-21-57-48)30-72-49(68)46(56)9-6-20-55/h7-8,10-19,21,26,32-37,46-47,67H,5-6,9,20,22-25,27-31,55-56H2,1-4H3/q+1/t35-,36?,37+,46-,47-,52-/m0/s1. The van der Waals surface area contributed by atoms with E-state index in [1.54, 1.807) is 41.6 Å². The number of aliphatic hydroxyl groups is 1. The van der Waals surface area contributed by atoms with E-state index in [2.05, 4.69) is 25.0 Å². The van der Waals surface area contributed by atoms with Gasteiger partial charge in [0, 0.05) is 85.9 Å². The summed E-state index contributed by atoms with van der Waals surface area (Å²) in [5, 5.41) is 18.9. The minimum absolute atomic E-state index is 0.0532. The summed E-state index contributed by atoms with van der Waals surface area (Å²) in [6, 6.07) is 21.3. The number of aromatic nitrogens is 7. The fraction of sp³-hybridized carbons (Fsp3) is 0.442. The minimum Gasteiger partial charge on any atom is -0.493 e.